The van der Waals surface area contributed by atoms with Crippen molar-refractivity contribution in [2.75, 3.05) is 19.0 Å². The average molecular weight is 438 g/mol. The fourth-order valence-corrected chi connectivity index (χ4v) is 3.16. The van der Waals surface area contributed by atoms with Gasteiger partial charge in [-0.2, -0.15) is 0 Å². The molecule has 32 heavy (non-hydrogen) atoms. The van der Waals surface area contributed by atoms with Crippen molar-refractivity contribution in [3.05, 3.63) is 48.3 Å². The molecule has 0 aliphatic carbocycles. The summed E-state index contributed by atoms with van der Waals surface area (Å²) in [6.07, 6.45) is 10.0. The lowest BCUT2D eigenvalue weighted by atomic mass is 10.1. The molecule has 166 valence electrons. The fourth-order valence-electron chi connectivity index (χ4n) is 3.16. The summed E-state index contributed by atoms with van der Waals surface area (Å²) >= 11 is 0. The maximum absolute atomic E-state index is 11.0. The van der Waals surface area contributed by atoms with E-state index in [4.69, 9.17) is 25.2 Å². The van der Waals surface area contributed by atoms with Gasteiger partial charge < -0.3 is 14.8 Å². The van der Waals surface area contributed by atoms with Crippen LogP contribution in [0, 0.1) is 12.3 Å². The van der Waals surface area contributed by atoms with Crippen LogP contribution in [0.5, 0.6) is 11.5 Å². The summed E-state index contributed by atoms with van der Waals surface area (Å²) in [5.41, 5.74) is 3.53. The van der Waals surface area contributed by atoms with Crippen LogP contribution in [0.4, 0.5) is 11.5 Å². The van der Waals surface area contributed by atoms with Gasteiger partial charge in [-0.25, -0.2) is 15.4 Å². The van der Waals surface area contributed by atoms with Crippen molar-refractivity contribution in [3.8, 4) is 23.8 Å². The first-order valence-electron chi connectivity index (χ1n) is 11.7. The molecule has 0 saturated heterocycles. The lowest BCUT2D eigenvalue weighted by molar-refractivity contribution is -0.129. The van der Waals surface area contributed by atoms with Crippen LogP contribution in [0.15, 0.2) is 42.7 Å². The Kier molecular flexibility index (Phi) is 6.81. The zero-order valence-electron chi connectivity index (χ0n) is 20.4. The Hall–Kier alpha value is -3.83. The molecule has 0 bridgehead atoms. The van der Waals surface area contributed by atoms with Gasteiger partial charge >= 0.3 is 0 Å². The van der Waals surface area contributed by atoms with Gasteiger partial charge in [0.2, 0.25) is 5.91 Å². The molecule has 1 heterocycles. The Morgan fingerprint density at radius 1 is 1.19 bits per heavy atom. The van der Waals surface area contributed by atoms with E-state index in [-0.39, 0.29) is 17.9 Å². The Balaban J connectivity index is 1.78. The van der Waals surface area contributed by atoms with Gasteiger partial charge in [-0.1, -0.05) is 24.8 Å². The molecule has 1 amide bonds. The van der Waals surface area contributed by atoms with Gasteiger partial charge in [0.15, 0.2) is 11.5 Å². The van der Waals surface area contributed by atoms with Crippen LogP contribution in [0.25, 0.3) is 10.9 Å². The zero-order chi connectivity index (χ0) is 25.3. The van der Waals surface area contributed by atoms with E-state index in [1.807, 2.05) is 24.3 Å². The fraction of sp³-hybridized carbons (Fsp3) is 0.292. The van der Waals surface area contributed by atoms with Crippen LogP contribution < -0.4 is 20.3 Å². The summed E-state index contributed by atoms with van der Waals surface area (Å²) in [7, 11) is -2.66. The molecule has 0 unspecified atom stereocenters. The number of unbranched alkanes of at least 4 members (excludes halogenated alkanes) is 3. The Bertz CT molecular complexity index is 1210. The third kappa shape index (κ3) is 6.09. The molecule has 0 saturated carbocycles. The monoisotopic (exact) mass is 437 g/mol. The molecule has 0 fully saturated rings. The first-order valence-corrected chi connectivity index (χ1v) is 10.2. The van der Waals surface area contributed by atoms with E-state index in [0.29, 0.717) is 41.7 Å². The smallest absolute Gasteiger partial charge is 0.243 e. The number of anilines is 2. The number of aromatic nitrogens is 2. The van der Waals surface area contributed by atoms with Gasteiger partial charge in [0.25, 0.3) is 0 Å². The first-order chi connectivity index (χ1) is 16.8. The molecule has 8 nitrogen and oxygen atoms in total. The maximum atomic E-state index is 11.0. The second-order valence-corrected chi connectivity index (χ2v) is 7.04. The van der Waals surface area contributed by atoms with Gasteiger partial charge in [0, 0.05) is 29.1 Å². The number of ether oxygens (including phenoxy) is 2. The van der Waals surface area contributed by atoms with Crippen LogP contribution in [0.3, 0.4) is 0 Å². The third-order valence-electron chi connectivity index (χ3n) is 4.78. The normalized spacial score (nSPS) is 12.2. The number of hydrogen-bond donors (Lipinski definition) is 3. The van der Waals surface area contributed by atoms with Crippen molar-refractivity contribution in [2.45, 2.75) is 32.1 Å². The second kappa shape index (κ2) is 11.5. The van der Waals surface area contributed by atoms with E-state index in [1.54, 1.807) is 11.5 Å². The highest BCUT2D eigenvalue weighted by molar-refractivity contribution is 5.93. The minimum atomic E-state index is -2.66. The Morgan fingerprint density at radius 2 is 2.06 bits per heavy atom. The summed E-state index contributed by atoms with van der Waals surface area (Å²) in [5.74, 6) is 2.97. The molecule has 0 aliphatic heterocycles. The van der Waals surface area contributed by atoms with E-state index in [2.05, 4.69) is 21.2 Å². The number of hydroxylamine groups is 1. The molecule has 3 N–H and O–H groups in total. The molecule has 3 aromatic rings. The maximum Gasteiger partial charge on any atom is 0.243 e. The summed E-state index contributed by atoms with van der Waals surface area (Å²) in [6.45, 7) is 0.315. The van der Waals surface area contributed by atoms with Crippen molar-refractivity contribution < 1.29 is 23.6 Å². The number of nitrogens with zero attached hydrogens (tertiary/aromatic N) is 2. The van der Waals surface area contributed by atoms with Crippen LogP contribution in [0.1, 0.15) is 41.8 Å². The van der Waals surface area contributed by atoms with E-state index in [1.165, 1.54) is 12.4 Å². The van der Waals surface area contributed by atoms with E-state index >= 15 is 0 Å². The second-order valence-electron chi connectivity index (χ2n) is 7.04. The largest absolute Gasteiger partial charge is 0.493 e. The lowest BCUT2D eigenvalue weighted by Crippen LogP contribution is -2.17. The zero-order valence-corrected chi connectivity index (χ0v) is 17.4. The Morgan fingerprint density at radius 3 is 2.88 bits per heavy atom. The van der Waals surface area contributed by atoms with Gasteiger partial charge in [-0.05, 0) is 37.1 Å². The van der Waals surface area contributed by atoms with E-state index in [9.17, 15) is 4.79 Å². The average Bonchev–Trinajstić information content (AvgIpc) is 2.83. The molecular weight excluding hydrogens is 408 g/mol. The number of rotatable bonds is 11. The summed E-state index contributed by atoms with van der Waals surface area (Å²) in [6, 6.07) is 10.5. The number of amides is 1. The molecule has 2 aromatic carbocycles. The van der Waals surface area contributed by atoms with Crippen LogP contribution in [-0.4, -0.2) is 34.7 Å². The summed E-state index contributed by atoms with van der Waals surface area (Å²) < 4.78 is 33.5. The van der Waals surface area contributed by atoms with Gasteiger partial charge in [0.05, 0.1) is 23.3 Å². The highest BCUT2D eigenvalue weighted by Gasteiger charge is 2.12. The van der Waals surface area contributed by atoms with Crippen LogP contribution in [-0.2, 0) is 4.79 Å². The minimum absolute atomic E-state index is 0.0519. The summed E-state index contributed by atoms with van der Waals surface area (Å²) in [4.78, 5) is 19.6. The quantitative estimate of drug-likeness (QED) is 0.179. The molecule has 0 spiro atoms. The van der Waals surface area contributed by atoms with Crippen molar-refractivity contribution in [3.63, 3.8) is 0 Å². The predicted octanol–water partition coefficient (Wildman–Crippen LogP) is 4.20. The van der Waals surface area contributed by atoms with Crippen molar-refractivity contribution in [1.29, 1.82) is 0 Å². The highest BCUT2D eigenvalue weighted by atomic mass is 16.5. The van der Waals surface area contributed by atoms with E-state index < -0.39 is 12.9 Å². The number of benzene rings is 2. The van der Waals surface area contributed by atoms with E-state index in [0.717, 1.165) is 18.5 Å². The minimum Gasteiger partial charge on any atom is -0.493 e. The number of carbonyl (C=O) groups excluding carboxylic acids is 1. The molecule has 8 heteroatoms. The topological polar surface area (TPSA) is 106 Å². The number of methoxy groups -OCH3 is 1. The molecule has 0 aliphatic rings. The highest BCUT2D eigenvalue weighted by Crippen LogP contribution is 2.35. The van der Waals surface area contributed by atoms with Crippen LogP contribution >= 0.6 is 0 Å². The number of terminal acetylenes is 1. The summed E-state index contributed by atoms with van der Waals surface area (Å²) in [5, 5.41) is 12.3. The van der Waals surface area contributed by atoms with Gasteiger partial charge in [-0.3, -0.25) is 10.0 Å². The molecular formula is C24H26N4O4. The van der Waals surface area contributed by atoms with Crippen molar-refractivity contribution in [2.24, 2.45) is 0 Å². The predicted molar refractivity (Wildman–Crippen MR) is 122 cm³/mol. The molecule has 0 radical (unpaired) electrons. The number of fused-ring (bicyclic) bond motifs is 1. The van der Waals surface area contributed by atoms with Gasteiger partial charge in [-0.15, -0.1) is 6.42 Å². The number of hydrogen-bond acceptors (Lipinski definition) is 7. The number of nitrogens with one attached hydrogen (secondary N) is 2. The van der Waals surface area contributed by atoms with Crippen molar-refractivity contribution >= 4 is 28.3 Å². The van der Waals surface area contributed by atoms with Gasteiger partial charge in [0.1, 0.15) is 12.1 Å². The Labute approximate surface area is 191 Å². The molecule has 1 aromatic heterocycles. The SMILES string of the molecule is [2H]C([2H])([2H])Oc1cc2ncnc(Nc3cccc(C#C)c3)c2cc1OCCCCCCC(=O)NO. The standard InChI is InChI=1S/C24H26N4O4/c1-3-17-9-8-10-18(13-17)27-24-19-14-22(21(31-2)15-20(19)25-16-26-24)32-12-7-5-4-6-11-23(29)28-30/h1,8-10,13-16,30H,4-7,11-12H2,2H3,(H,28,29)(H,25,26,27)/i2D3. The lowest BCUT2D eigenvalue weighted by Gasteiger charge is -2.14. The molecule has 3 rings (SSSR count). The number of carbonyl (C=O) groups is 1. The van der Waals surface area contributed by atoms with Crippen molar-refractivity contribution in [1.82, 2.24) is 15.4 Å². The first kappa shape index (κ1) is 18.9. The third-order valence-corrected chi connectivity index (χ3v) is 4.78. The molecule has 0 atom stereocenters. The van der Waals surface area contributed by atoms with Crippen LogP contribution in [0.2, 0.25) is 0 Å².